The molecule has 1 unspecified atom stereocenters. The van der Waals surface area contributed by atoms with E-state index in [1.807, 2.05) is 28.4 Å². The number of hydrogen-bond donors (Lipinski definition) is 0. The van der Waals surface area contributed by atoms with Crippen LogP contribution >= 0.6 is 11.8 Å². The minimum Gasteiger partial charge on any atom is -0.298 e. The molecule has 3 rings (SSSR count). The van der Waals surface area contributed by atoms with Crippen LogP contribution in [0.2, 0.25) is 0 Å². The molecule has 1 atom stereocenters. The van der Waals surface area contributed by atoms with Gasteiger partial charge < -0.3 is 0 Å². The van der Waals surface area contributed by atoms with Crippen LogP contribution in [0.15, 0.2) is 18.3 Å². The van der Waals surface area contributed by atoms with E-state index in [0.29, 0.717) is 11.5 Å². The Hall–Kier alpha value is -1.36. The maximum absolute atomic E-state index is 10.7. The maximum Gasteiger partial charge on any atom is 0.160 e. The fraction of sp³-hybridized carbons (Fsp3) is 0.364. The van der Waals surface area contributed by atoms with Gasteiger partial charge in [-0.2, -0.15) is 11.8 Å². The van der Waals surface area contributed by atoms with Gasteiger partial charge in [-0.1, -0.05) is 0 Å². The summed E-state index contributed by atoms with van der Waals surface area (Å²) in [5.41, 5.74) is 1.48. The lowest BCUT2D eigenvalue weighted by molar-refractivity contribution is 0.112. The zero-order valence-electron chi connectivity index (χ0n) is 8.67. The number of nitrogens with zero attached hydrogens (tertiary/aromatic N) is 3. The Bertz CT molecular complexity index is 531. The predicted octanol–water partition coefficient (Wildman–Crippen LogP) is 1.76. The van der Waals surface area contributed by atoms with Crippen molar-refractivity contribution < 1.29 is 4.79 Å². The Morgan fingerprint density at radius 3 is 3.12 bits per heavy atom. The lowest BCUT2D eigenvalue weighted by Gasteiger charge is -2.05. The second kappa shape index (κ2) is 3.90. The number of carbonyl (C=O) groups is 1. The number of rotatable bonds is 2. The van der Waals surface area contributed by atoms with Crippen molar-refractivity contribution in [3.63, 3.8) is 0 Å². The van der Waals surface area contributed by atoms with Gasteiger partial charge in [-0.05, 0) is 24.3 Å². The van der Waals surface area contributed by atoms with E-state index in [-0.39, 0.29) is 0 Å². The molecule has 2 aromatic rings. The zero-order valence-corrected chi connectivity index (χ0v) is 9.48. The standard InChI is InChI=1S/C11H11N3OS/c15-6-8-1-2-10-12-13-11(14(10)5-8)9-3-4-16-7-9/h1-2,5-6,9H,3-4,7H2. The number of thioether (sulfide) groups is 1. The highest BCUT2D eigenvalue weighted by Crippen LogP contribution is 2.31. The molecule has 82 valence electrons. The number of aromatic nitrogens is 3. The third kappa shape index (κ3) is 1.51. The molecule has 0 amide bonds. The van der Waals surface area contributed by atoms with E-state index < -0.39 is 0 Å². The summed E-state index contributed by atoms with van der Waals surface area (Å²) in [6.07, 6.45) is 3.82. The van der Waals surface area contributed by atoms with Crippen molar-refractivity contribution in [3.8, 4) is 0 Å². The summed E-state index contributed by atoms with van der Waals surface area (Å²) in [6, 6.07) is 3.60. The average Bonchev–Trinajstić information content (AvgIpc) is 2.96. The van der Waals surface area contributed by atoms with E-state index in [2.05, 4.69) is 10.2 Å². The first kappa shape index (κ1) is 9.84. The molecule has 1 fully saturated rings. The number of pyridine rings is 1. The van der Waals surface area contributed by atoms with Crippen LogP contribution in [0.5, 0.6) is 0 Å². The first-order chi connectivity index (χ1) is 7.88. The first-order valence-electron chi connectivity index (χ1n) is 5.26. The molecule has 1 aliphatic rings. The molecule has 2 aromatic heterocycles. The second-order valence-electron chi connectivity index (χ2n) is 3.93. The monoisotopic (exact) mass is 233 g/mol. The Balaban J connectivity index is 2.13. The van der Waals surface area contributed by atoms with Gasteiger partial charge in [-0.3, -0.25) is 9.20 Å². The van der Waals surface area contributed by atoms with Crippen molar-refractivity contribution in [1.29, 1.82) is 0 Å². The highest BCUT2D eigenvalue weighted by Gasteiger charge is 2.22. The number of carbonyl (C=O) groups excluding carboxylic acids is 1. The Morgan fingerprint density at radius 2 is 2.38 bits per heavy atom. The summed E-state index contributed by atoms with van der Waals surface area (Å²) >= 11 is 1.95. The molecular formula is C11H11N3OS. The summed E-state index contributed by atoms with van der Waals surface area (Å²) in [7, 11) is 0. The zero-order chi connectivity index (χ0) is 11.0. The molecule has 0 radical (unpaired) electrons. The van der Waals surface area contributed by atoms with Gasteiger partial charge >= 0.3 is 0 Å². The van der Waals surface area contributed by atoms with Crippen LogP contribution in [-0.4, -0.2) is 32.4 Å². The molecule has 0 spiro atoms. The SMILES string of the molecule is O=Cc1ccc2nnc(C3CCSC3)n2c1. The molecule has 1 saturated heterocycles. The Morgan fingerprint density at radius 1 is 1.44 bits per heavy atom. The van der Waals surface area contributed by atoms with E-state index >= 15 is 0 Å². The molecule has 0 N–H and O–H groups in total. The molecule has 0 bridgehead atoms. The smallest absolute Gasteiger partial charge is 0.160 e. The van der Waals surface area contributed by atoms with Gasteiger partial charge in [0.05, 0.1) is 0 Å². The lowest BCUT2D eigenvalue weighted by atomic mass is 10.1. The minimum absolute atomic E-state index is 0.474. The van der Waals surface area contributed by atoms with Crippen LogP contribution in [0.3, 0.4) is 0 Å². The average molecular weight is 233 g/mol. The van der Waals surface area contributed by atoms with E-state index in [0.717, 1.165) is 29.9 Å². The van der Waals surface area contributed by atoms with Crippen LogP contribution in [0, 0.1) is 0 Å². The fourth-order valence-electron chi connectivity index (χ4n) is 2.01. The van der Waals surface area contributed by atoms with Crippen LogP contribution in [0.1, 0.15) is 28.5 Å². The quantitative estimate of drug-likeness (QED) is 0.742. The topological polar surface area (TPSA) is 47.3 Å². The van der Waals surface area contributed by atoms with Gasteiger partial charge in [-0.25, -0.2) is 0 Å². The largest absolute Gasteiger partial charge is 0.298 e. The molecule has 4 nitrogen and oxygen atoms in total. The van der Waals surface area contributed by atoms with Crippen LogP contribution < -0.4 is 0 Å². The predicted molar refractivity (Wildman–Crippen MR) is 63.1 cm³/mol. The number of aldehydes is 1. The van der Waals surface area contributed by atoms with Gasteiger partial charge in [0.1, 0.15) is 5.82 Å². The van der Waals surface area contributed by atoms with Crippen molar-refractivity contribution in [2.45, 2.75) is 12.3 Å². The summed E-state index contributed by atoms with van der Waals surface area (Å²) < 4.78 is 1.94. The normalized spacial score (nSPS) is 20.4. The molecule has 0 saturated carbocycles. The molecule has 16 heavy (non-hydrogen) atoms. The second-order valence-corrected chi connectivity index (χ2v) is 5.08. The number of hydrogen-bond acceptors (Lipinski definition) is 4. The first-order valence-corrected chi connectivity index (χ1v) is 6.41. The molecule has 1 aliphatic heterocycles. The molecule has 0 aromatic carbocycles. The van der Waals surface area contributed by atoms with E-state index in [1.54, 1.807) is 6.07 Å². The molecular weight excluding hydrogens is 222 g/mol. The van der Waals surface area contributed by atoms with Gasteiger partial charge in [0.2, 0.25) is 0 Å². The summed E-state index contributed by atoms with van der Waals surface area (Å²) in [5, 5.41) is 8.36. The van der Waals surface area contributed by atoms with Crippen molar-refractivity contribution >= 4 is 23.7 Å². The Labute approximate surface area is 97.1 Å². The van der Waals surface area contributed by atoms with Crippen molar-refractivity contribution in [2.24, 2.45) is 0 Å². The minimum atomic E-state index is 0.474. The van der Waals surface area contributed by atoms with Crippen LogP contribution in [0.25, 0.3) is 5.65 Å². The van der Waals surface area contributed by atoms with Gasteiger partial charge in [0, 0.05) is 23.4 Å². The van der Waals surface area contributed by atoms with Crippen molar-refractivity contribution in [3.05, 3.63) is 29.7 Å². The fourth-order valence-corrected chi connectivity index (χ4v) is 3.23. The van der Waals surface area contributed by atoms with E-state index in [4.69, 9.17) is 0 Å². The van der Waals surface area contributed by atoms with Crippen LogP contribution in [0.4, 0.5) is 0 Å². The summed E-state index contributed by atoms with van der Waals surface area (Å²) in [6.45, 7) is 0. The molecule has 5 heteroatoms. The number of fused-ring (bicyclic) bond motifs is 1. The van der Waals surface area contributed by atoms with E-state index in [1.165, 1.54) is 5.75 Å². The molecule has 3 heterocycles. The lowest BCUT2D eigenvalue weighted by Crippen LogP contribution is -2.03. The van der Waals surface area contributed by atoms with Gasteiger partial charge in [0.25, 0.3) is 0 Å². The van der Waals surface area contributed by atoms with Crippen molar-refractivity contribution in [1.82, 2.24) is 14.6 Å². The molecule has 0 aliphatic carbocycles. The van der Waals surface area contributed by atoms with E-state index in [9.17, 15) is 4.79 Å². The van der Waals surface area contributed by atoms with Gasteiger partial charge in [-0.15, -0.1) is 10.2 Å². The van der Waals surface area contributed by atoms with Crippen LogP contribution in [-0.2, 0) is 0 Å². The van der Waals surface area contributed by atoms with Gasteiger partial charge in [0.15, 0.2) is 11.9 Å². The Kier molecular flexibility index (Phi) is 2.40. The third-order valence-electron chi connectivity index (χ3n) is 2.88. The highest BCUT2D eigenvalue weighted by atomic mass is 32.2. The third-order valence-corrected chi connectivity index (χ3v) is 4.04. The highest BCUT2D eigenvalue weighted by molar-refractivity contribution is 7.99. The maximum atomic E-state index is 10.7. The van der Waals surface area contributed by atoms with Crippen molar-refractivity contribution in [2.75, 3.05) is 11.5 Å². The summed E-state index contributed by atoms with van der Waals surface area (Å²) in [5.74, 6) is 3.75. The summed E-state index contributed by atoms with van der Waals surface area (Å²) in [4.78, 5) is 10.7.